The lowest BCUT2D eigenvalue weighted by Gasteiger charge is -2.07. The van der Waals surface area contributed by atoms with Crippen LogP contribution in [0, 0.1) is 0 Å². The molecule has 0 aliphatic rings. The van der Waals surface area contributed by atoms with Crippen LogP contribution in [0.5, 0.6) is 0 Å². The van der Waals surface area contributed by atoms with E-state index in [1.54, 1.807) is 30.3 Å². The Morgan fingerprint density at radius 1 is 0.909 bits per heavy atom. The van der Waals surface area contributed by atoms with Crippen LogP contribution in [-0.4, -0.2) is 11.7 Å². The van der Waals surface area contributed by atoms with E-state index in [1.165, 1.54) is 11.8 Å². The van der Waals surface area contributed by atoms with Crippen LogP contribution in [0.4, 0.5) is 5.69 Å². The number of halogens is 4. The monoisotopic (exact) mass is 393 g/mol. The second kappa shape index (κ2) is 8.32. The second-order valence-electron chi connectivity index (χ2n) is 4.42. The Hall–Kier alpha value is -0.580. The van der Waals surface area contributed by atoms with Gasteiger partial charge in [0.25, 0.3) is 0 Å². The predicted octanol–water partition coefficient (Wildman–Crippen LogP) is 6.17. The second-order valence-corrected chi connectivity index (χ2v) is 7.03. The molecule has 1 amide bonds. The van der Waals surface area contributed by atoms with Gasteiger partial charge in [-0.1, -0.05) is 52.5 Å². The fraction of sp³-hybridized carbons (Fsp3) is 0.133. The first-order valence-corrected chi connectivity index (χ1v) is 8.89. The van der Waals surface area contributed by atoms with Crippen LogP contribution in [0.2, 0.25) is 20.1 Å². The molecule has 0 atom stereocenters. The highest BCUT2D eigenvalue weighted by atomic mass is 35.5. The molecule has 2 rings (SSSR count). The van der Waals surface area contributed by atoms with Crippen molar-refractivity contribution >= 4 is 69.8 Å². The highest BCUT2D eigenvalue weighted by Gasteiger charge is 2.06. The van der Waals surface area contributed by atoms with E-state index in [0.717, 1.165) is 5.56 Å². The summed E-state index contributed by atoms with van der Waals surface area (Å²) in [7, 11) is 0. The van der Waals surface area contributed by atoms with Crippen molar-refractivity contribution in [3.8, 4) is 0 Å². The number of hydrogen-bond acceptors (Lipinski definition) is 2. The standard InChI is InChI=1S/C15H11Cl4NOS/c16-11-3-1-9(5-13(11)18)7-22-8-15(21)20-10-2-4-12(17)14(19)6-10/h1-6H,7-8H2,(H,20,21). The molecule has 22 heavy (non-hydrogen) atoms. The lowest BCUT2D eigenvalue weighted by Crippen LogP contribution is -2.14. The summed E-state index contributed by atoms with van der Waals surface area (Å²) in [6, 6.07) is 10.4. The van der Waals surface area contributed by atoms with Crippen molar-refractivity contribution in [3.63, 3.8) is 0 Å². The molecule has 2 aromatic rings. The number of carbonyl (C=O) groups excluding carboxylic acids is 1. The summed E-state index contributed by atoms with van der Waals surface area (Å²) >= 11 is 25.0. The molecule has 1 N–H and O–H groups in total. The molecule has 0 spiro atoms. The van der Waals surface area contributed by atoms with Crippen LogP contribution in [0.15, 0.2) is 36.4 Å². The Morgan fingerprint density at radius 2 is 1.55 bits per heavy atom. The number of hydrogen-bond donors (Lipinski definition) is 1. The van der Waals surface area contributed by atoms with Crippen molar-refractivity contribution in [1.82, 2.24) is 0 Å². The minimum Gasteiger partial charge on any atom is -0.325 e. The molecule has 0 fully saturated rings. The van der Waals surface area contributed by atoms with Gasteiger partial charge in [-0.25, -0.2) is 0 Å². The molecule has 0 unspecified atom stereocenters. The molecule has 116 valence electrons. The lowest BCUT2D eigenvalue weighted by atomic mass is 10.2. The van der Waals surface area contributed by atoms with Crippen LogP contribution in [-0.2, 0) is 10.5 Å². The van der Waals surface area contributed by atoms with Crippen molar-refractivity contribution in [1.29, 1.82) is 0 Å². The number of nitrogens with one attached hydrogen (secondary N) is 1. The fourth-order valence-corrected chi connectivity index (χ4v) is 3.06. The molecule has 0 aliphatic heterocycles. The third kappa shape index (κ3) is 5.25. The van der Waals surface area contributed by atoms with E-state index < -0.39 is 0 Å². The average Bonchev–Trinajstić information content (AvgIpc) is 2.47. The number of rotatable bonds is 5. The molecule has 0 saturated carbocycles. The normalized spacial score (nSPS) is 10.5. The van der Waals surface area contributed by atoms with Gasteiger partial charge in [0, 0.05) is 11.4 Å². The molecule has 0 aromatic heterocycles. The summed E-state index contributed by atoms with van der Waals surface area (Å²) in [4.78, 5) is 11.9. The predicted molar refractivity (Wildman–Crippen MR) is 97.7 cm³/mol. The highest BCUT2D eigenvalue weighted by molar-refractivity contribution is 7.99. The van der Waals surface area contributed by atoms with Crippen molar-refractivity contribution in [2.75, 3.05) is 11.1 Å². The number of amides is 1. The van der Waals surface area contributed by atoms with E-state index in [1.807, 2.05) is 6.07 Å². The largest absolute Gasteiger partial charge is 0.325 e. The first-order chi connectivity index (χ1) is 10.5. The Balaban J connectivity index is 1.82. The van der Waals surface area contributed by atoms with Crippen LogP contribution in [0.3, 0.4) is 0 Å². The van der Waals surface area contributed by atoms with Crippen molar-refractivity contribution < 1.29 is 4.79 Å². The van der Waals surface area contributed by atoms with E-state index in [9.17, 15) is 4.79 Å². The van der Waals surface area contributed by atoms with E-state index in [0.29, 0.717) is 37.3 Å². The van der Waals surface area contributed by atoms with Gasteiger partial charge in [-0.15, -0.1) is 11.8 Å². The van der Waals surface area contributed by atoms with Gasteiger partial charge in [0.05, 0.1) is 25.8 Å². The van der Waals surface area contributed by atoms with Gasteiger partial charge in [-0.05, 0) is 35.9 Å². The highest BCUT2D eigenvalue weighted by Crippen LogP contribution is 2.26. The molecule has 2 nitrogen and oxygen atoms in total. The maximum Gasteiger partial charge on any atom is 0.234 e. The van der Waals surface area contributed by atoms with Crippen LogP contribution in [0.1, 0.15) is 5.56 Å². The van der Waals surface area contributed by atoms with Crippen LogP contribution >= 0.6 is 58.2 Å². The summed E-state index contributed by atoms with van der Waals surface area (Å²) in [5.74, 6) is 0.884. The minimum absolute atomic E-state index is 0.108. The summed E-state index contributed by atoms with van der Waals surface area (Å²) in [5, 5.41) is 4.66. The topological polar surface area (TPSA) is 29.1 Å². The Kier molecular flexibility index (Phi) is 6.72. The van der Waals surface area contributed by atoms with Crippen molar-refractivity contribution in [2.24, 2.45) is 0 Å². The third-order valence-corrected chi connectivity index (χ3v) is 5.17. The zero-order valence-corrected chi connectivity index (χ0v) is 15.0. The van der Waals surface area contributed by atoms with Gasteiger partial charge >= 0.3 is 0 Å². The summed E-state index contributed by atoms with van der Waals surface area (Å²) in [6.07, 6.45) is 0. The average molecular weight is 395 g/mol. The fourth-order valence-electron chi connectivity index (χ4n) is 1.66. The van der Waals surface area contributed by atoms with Gasteiger partial charge in [0.15, 0.2) is 0 Å². The molecule has 0 radical (unpaired) electrons. The van der Waals surface area contributed by atoms with Gasteiger partial charge in [-0.3, -0.25) is 4.79 Å². The van der Waals surface area contributed by atoms with Crippen LogP contribution in [0.25, 0.3) is 0 Å². The first kappa shape index (κ1) is 17.8. The van der Waals surface area contributed by atoms with Gasteiger partial charge in [0.2, 0.25) is 5.91 Å². The number of benzene rings is 2. The quantitative estimate of drug-likeness (QED) is 0.656. The number of thioether (sulfide) groups is 1. The zero-order valence-electron chi connectivity index (χ0n) is 11.2. The molecule has 2 aromatic carbocycles. The Morgan fingerprint density at radius 3 is 2.18 bits per heavy atom. The molecule has 0 saturated heterocycles. The van der Waals surface area contributed by atoms with Gasteiger partial charge in [-0.2, -0.15) is 0 Å². The third-order valence-electron chi connectivity index (χ3n) is 2.69. The van der Waals surface area contributed by atoms with E-state index in [4.69, 9.17) is 46.4 Å². The molecule has 0 bridgehead atoms. The van der Waals surface area contributed by atoms with E-state index in [2.05, 4.69) is 5.32 Å². The SMILES string of the molecule is O=C(CSCc1ccc(Cl)c(Cl)c1)Nc1ccc(Cl)c(Cl)c1. The first-order valence-electron chi connectivity index (χ1n) is 6.22. The number of anilines is 1. The summed E-state index contributed by atoms with van der Waals surface area (Å²) < 4.78 is 0. The Bertz CT molecular complexity index is 693. The minimum atomic E-state index is -0.108. The smallest absolute Gasteiger partial charge is 0.234 e. The zero-order chi connectivity index (χ0) is 16.1. The summed E-state index contributed by atoms with van der Waals surface area (Å²) in [5.41, 5.74) is 1.64. The molecule has 7 heteroatoms. The molecule has 0 heterocycles. The lowest BCUT2D eigenvalue weighted by molar-refractivity contribution is -0.113. The maximum atomic E-state index is 11.9. The maximum absolute atomic E-state index is 11.9. The van der Waals surface area contributed by atoms with Crippen molar-refractivity contribution in [2.45, 2.75) is 5.75 Å². The van der Waals surface area contributed by atoms with Crippen molar-refractivity contribution in [3.05, 3.63) is 62.1 Å². The van der Waals surface area contributed by atoms with Gasteiger partial charge < -0.3 is 5.32 Å². The molecular weight excluding hydrogens is 384 g/mol. The van der Waals surface area contributed by atoms with E-state index >= 15 is 0 Å². The number of carbonyl (C=O) groups is 1. The Labute approximate surface area is 153 Å². The van der Waals surface area contributed by atoms with Gasteiger partial charge in [0.1, 0.15) is 0 Å². The molecular formula is C15H11Cl4NOS. The van der Waals surface area contributed by atoms with E-state index in [-0.39, 0.29) is 5.91 Å². The summed E-state index contributed by atoms with van der Waals surface area (Å²) in [6.45, 7) is 0. The molecule has 0 aliphatic carbocycles. The van der Waals surface area contributed by atoms with Crippen LogP contribution < -0.4 is 5.32 Å².